The summed E-state index contributed by atoms with van der Waals surface area (Å²) in [5.41, 5.74) is 10.1. The smallest absolute Gasteiger partial charge is 0.319 e. The molecule has 0 saturated carbocycles. The van der Waals surface area contributed by atoms with Gasteiger partial charge in [0.05, 0.1) is 11.7 Å². The second-order valence-corrected chi connectivity index (χ2v) is 6.99. The maximum atomic E-state index is 12.6. The van der Waals surface area contributed by atoms with Gasteiger partial charge in [0.1, 0.15) is 0 Å². The molecule has 1 aromatic heterocycles. The molecule has 3 aromatic rings. The van der Waals surface area contributed by atoms with Crippen molar-refractivity contribution in [2.24, 2.45) is 5.73 Å². The second-order valence-electron chi connectivity index (χ2n) is 6.99. The topological polar surface area (TPSA) is 97.1 Å². The fraction of sp³-hybridized carbons (Fsp3) is 0.174. The molecule has 0 aliphatic carbocycles. The lowest BCUT2D eigenvalue weighted by atomic mass is 10.0. The van der Waals surface area contributed by atoms with Gasteiger partial charge in [-0.3, -0.25) is 9.78 Å². The second kappa shape index (κ2) is 9.01. The van der Waals surface area contributed by atoms with E-state index in [1.54, 1.807) is 31.3 Å². The molecule has 2 aromatic carbocycles. The molecule has 1 unspecified atom stereocenters. The highest BCUT2D eigenvalue weighted by Gasteiger charge is 2.17. The molecule has 148 valence electrons. The minimum atomic E-state index is -0.530. The van der Waals surface area contributed by atoms with Crippen molar-refractivity contribution in [3.05, 3.63) is 94.8 Å². The van der Waals surface area contributed by atoms with E-state index in [1.165, 1.54) is 5.56 Å². The molecule has 1 heterocycles. The van der Waals surface area contributed by atoms with Gasteiger partial charge >= 0.3 is 6.03 Å². The van der Waals surface area contributed by atoms with Gasteiger partial charge in [-0.25, -0.2) is 4.79 Å². The number of carbonyl (C=O) groups is 2. The van der Waals surface area contributed by atoms with E-state index in [9.17, 15) is 9.59 Å². The van der Waals surface area contributed by atoms with Gasteiger partial charge < -0.3 is 16.4 Å². The molecule has 0 bridgehead atoms. The number of carbonyl (C=O) groups excluding carboxylic acids is 2. The number of anilines is 1. The fourth-order valence-corrected chi connectivity index (χ4v) is 3.06. The molecule has 4 N–H and O–H groups in total. The van der Waals surface area contributed by atoms with Crippen molar-refractivity contribution in [3.8, 4) is 0 Å². The van der Waals surface area contributed by atoms with E-state index in [4.69, 9.17) is 5.73 Å². The van der Waals surface area contributed by atoms with Crippen LogP contribution in [0, 0.1) is 13.8 Å². The van der Waals surface area contributed by atoms with E-state index in [1.807, 2.05) is 49.4 Å². The quantitative estimate of drug-likeness (QED) is 0.597. The minimum absolute atomic E-state index is 0.306. The van der Waals surface area contributed by atoms with Crippen molar-refractivity contribution < 1.29 is 9.59 Å². The predicted octanol–water partition coefficient (Wildman–Crippen LogP) is 3.90. The summed E-state index contributed by atoms with van der Waals surface area (Å²) >= 11 is 0. The third-order valence-electron chi connectivity index (χ3n) is 4.67. The van der Waals surface area contributed by atoms with Crippen molar-refractivity contribution in [1.29, 1.82) is 0 Å². The number of aromatic nitrogens is 1. The Labute approximate surface area is 170 Å². The number of primary amides is 1. The van der Waals surface area contributed by atoms with Crippen molar-refractivity contribution in [3.63, 3.8) is 0 Å². The number of nitrogens with two attached hydrogens (primary N) is 1. The Morgan fingerprint density at radius 2 is 1.79 bits per heavy atom. The maximum absolute atomic E-state index is 12.6. The molecule has 0 fully saturated rings. The lowest BCUT2D eigenvalue weighted by molar-refractivity contribution is 0.0999. The molecule has 3 rings (SSSR count). The number of nitrogens with one attached hydrogen (secondary N) is 2. The summed E-state index contributed by atoms with van der Waals surface area (Å²) < 4.78 is 0. The number of nitrogens with zero attached hydrogens (tertiary/aromatic N) is 1. The largest absolute Gasteiger partial charge is 0.366 e. The van der Waals surface area contributed by atoms with Crippen molar-refractivity contribution in [1.82, 2.24) is 10.3 Å². The number of hydrogen-bond acceptors (Lipinski definition) is 3. The molecule has 0 radical (unpaired) electrons. The van der Waals surface area contributed by atoms with Crippen LogP contribution in [0.5, 0.6) is 0 Å². The van der Waals surface area contributed by atoms with Gasteiger partial charge in [0, 0.05) is 17.4 Å². The summed E-state index contributed by atoms with van der Waals surface area (Å²) in [4.78, 5) is 28.6. The Kier molecular flexibility index (Phi) is 6.24. The first kappa shape index (κ1) is 20.1. The van der Waals surface area contributed by atoms with Gasteiger partial charge in [-0.1, -0.05) is 42.0 Å². The third kappa shape index (κ3) is 5.42. The number of pyridine rings is 1. The van der Waals surface area contributed by atoms with Gasteiger partial charge in [-0.05, 0) is 55.7 Å². The molecular formula is C23H24N4O2. The van der Waals surface area contributed by atoms with Gasteiger partial charge in [-0.2, -0.15) is 0 Å². The lowest BCUT2D eigenvalue weighted by Crippen LogP contribution is -2.34. The van der Waals surface area contributed by atoms with Crippen LogP contribution in [-0.2, 0) is 6.42 Å². The lowest BCUT2D eigenvalue weighted by Gasteiger charge is -2.19. The normalized spacial score (nSPS) is 11.5. The molecule has 6 heteroatoms. The molecule has 1 atom stereocenters. The van der Waals surface area contributed by atoms with Crippen LogP contribution in [0.3, 0.4) is 0 Å². The predicted molar refractivity (Wildman–Crippen MR) is 114 cm³/mol. The highest BCUT2D eigenvalue weighted by molar-refractivity contribution is 5.97. The minimum Gasteiger partial charge on any atom is -0.366 e. The Bertz CT molecular complexity index is 1000. The average Bonchev–Trinajstić information content (AvgIpc) is 2.71. The third-order valence-corrected chi connectivity index (χ3v) is 4.67. The van der Waals surface area contributed by atoms with Crippen LogP contribution >= 0.6 is 0 Å². The Morgan fingerprint density at radius 3 is 2.45 bits per heavy atom. The first-order valence-corrected chi connectivity index (χ1v) is 9.37. The number of hydrogen-bond donors (Lipinski definition) is 3. The first-order chi connectivity index (χ1) is 13.9. The summed E-state index contributed by atoms with van der Waals surface area (Å²) in [5.74, 6) is -0.530. The first-order valence-electron chi connectivity index (χ1n) is 9.37. The highest BCUT2D eigenvalue weighted by Crippen LogP contribution is 2.19. The fourth-order valence-electron chi connectivity index (χ4n) is 3.06. The van der Waals surface area contributed by atoms with Gasteiger partial charge in [0.25, 0.3) is 0 Å². The van der Waals surface area contributed by atoms with Gasteiger partial charge in [-0.15, -0.1) is 0 Å². The Balaban J connectivity index is 1.76. The van der Waals surface area contributed by atoms with E-state index in [0.717, 1.165) is 16.8 Å². The van der Waals surface area contributed by atoms with Crippen molar-refractivity contribution in [2.45, 2.75) is 26.3 Å². The standard InChI is InChI=1S/C23H24N4O2/c1-15-6-9-17(10-7-15)13-21(20-5-3-4-12-25-20)27-23(29)26-18-11-8-16(2)19(14-18)22(24)28/h3-12,14,21H,13H2,1-2H3,(H2,24,28)(H2,26,27,29). The number of aryl methyl sites for hydroxylation is 2. The molecule has 3 amide bonds. The zero-order chi connectivity index (χ0) is 20.8. The zero-order valence-electron chi connectivity index (χ0n) is 16.5. The number of amides is 3. The summed E-state index contributed by atoms with van der Waals surface area (Å²) in [6.45, 7) is 3.83. The highest BCUT2D eigenvalue weighted by atomic mass is 16.2. The monoisotopic (exact) mass is 388 g/mol. The van der Waals surface area contributed by atoms with Crippen LogP contribution in [0.25, 0.3) is 0 Å². The molecular weight excluding hydrogens is 364 g/mol. The summed E-state index contributed by atoms with van der Waals surface area (Å²) in [6.07, 6.45) is 2.31. The molecule has 0 aliphatic rings. The van der Waals surface area contributed by atoms with Gasteiger partial charge in [0.15, 0.2) is 0 Å². The van der Waals surface area contributed by atoms with E-state index in [-0.39, 0.29) is 12.1 Å². The Hall–Kier alpha value is -3.67. The van der Waals surface area contributed by atoms with Crippen LogP contribution in [0.4, 0.5) is 10.5 Å². The Morgan fingerprint density at radius 1 is 1.03 bits per heavy atom. The van der Waals surface area contributed by atoms with E-state index in [0.29, 0.717) is 17.7 Å². The molecule has 0 saturated heterocycles. The van der Waals surface area contributed by atoms with Crippen LogP contribution in [0.15, 0.2) is 66.9 Å². The summed E-state index contributed by atoms with van der Waals surface area (Å²) in [7, 11) is 0. The molecule has 0 aliphatic heterocycles. The van der Waals surface area contributed by atoms with Crippen LogP contribution in [0.2, 0.25) is 0 Å². The molecule has 0 spiro atoms. The number of benzene rings is 2. The van der Waals surface area contributed by atoms with Gasteiger partial charge in [0.2, 0.25) is 5.91 Å². The summed E-state index contributed by atoms with van der Waals surface area (Å²) in [5, 5.41) is 5.75. The average molecular weight is 388 g/mol. The van der Waals surface area contributed by atoms with E-state index < -0.39 is 5.91 Å². The maximum Gasteiger partial charge on any atom is 0.319 e. The molecule has 6 nitrogen and oxygen atoms in total. The van der Waals surface area contributed by atoms with Crippen LogP contribution in [-0.4, -0.2) is 16.9 Å². The molecule has 29 heavy (non-hydrogen) atoms. The summed E-state index contributed by atoms with van der Waals surface area (Å²) in [6, 6.07) is 18.2. The number of rotatable bonds is 6. The zero-order valence-corrected chi connectivity index (χ0v) is 16.5. The number of urea groups is 1. The van der Waals surface area contributed by atoms with Crippen molar-refractivity contribution >= 4 is 17.6 Å². The van der Waals surface area contributed by atoms with E-state index >= 15 is 0 Å². The van der Waals surface area contributed by atoms with Crippen LogP contribution < -0.4 is 16.4 Å². The van der Waals surface area contributed by atoms with Crippen LogP contribution in [0.1, 0.15) is 38.8 Å². The van der Waals surface area contributed by atoms with Crippen molar-refractivity contribution in [2.75, 3.05) is 5.32 Å². The SMILES string of the molecule is Cc1ccc(CC(NC(=O)Nc2ccc(C)c(C(N)=O)c2)c2ccccn2)cc1. The van der Waals surface area contributed by atoms with E-state index in [2.05, 4.69) is 15.6 Å².